The van der Waals surface area contributed by atoms with Crippen molar-refractivity contribution in [3.8, 4) is 22.9 Å². The van der Waals surface area contributed by atoms with Crippen LogP contribution >= 0.6 is 0 Å². The topological polar surface area (TPSA) is 131 Å². The number of carboxylic acids is 1. The fraction of sp³-hybridized carbons (Fsp3) is 0.560. The third-order valence-corrected chi connectivity index (χ3v) is 10.9. The SMILES string of the molecule is CCCOc1cc(-c2nc(CC(=O)O)cc(C(CO[Si](C)(C)C(C)(C)C)CB(O)O)n2)ccc1OC. The molecule has 1 atom stereocenters. The molecule has 0 amide bonds. The van der Waals surface area contributed by atoms with E-state index in [9.17, 15) is 19.9 Å². The Bertz CT molecular complexity index is 1030. The summed E-state index contributed by atoms with van der Waals surface area (Å²) in [5, 5.41) is 29.0. The van der Waals surface area contributed by atoms with Crippen molar-refractivity contribution in [3.63, 3.8) is 0 Å². The van der Waals surface area contributed by atoms with Gasteiger partial charge in [0, 0.05) is 23.8 Å². The molecule has 0 saturated heterocycles. The Labute approximate surface area is 215 Å². The van der Waals surface area contributed by atoms with Crippen LogP contribution in [0.3, 0.4) is 0 Å². The van der Waals surface area contributed by atoms with E-state index >= 15 is 0 Å². The number of hydrogen-bond acceptors (Lipinski definition) is 8. The molecule has 2 rings (SSSR count). The van der Waals surface area contributed by atoms with Gasteiger partial charge in [0.05, 0.1) is 25.8 Å². The fourth-order valence-corrected chi connectivity index (χ4v) is 4.35. The first-order valence-electron chi connectivity index (χ1n) is 12.2. The lowest BCUT2D eigenvalue weighted by Crippen LogP contribution is -2.42. The monoisotopic (exact) mass is 518 g/mol. The Morgan fingerprint density at radius 1 is 1.14 bits per heavy atom. The van der Waals surface area contributed by atoms with E-state index in [-0.39, 0.29) is 24.4 Å². The third kappa shape index (κ3) is 8.29. The van der Waals surface area contributed by atoms with Crippen LogP contribution in [-0.2, 0) is 15.6 Å². The van der Waals surface area contributed by atoms with Crippen molar-refractivity contribution in [3.05, 3.63) is 35.7 Å². The minimum absolute atomic E-state index is 0.00887. The van der Waals surface area contributed by atoms with Crippen LogP contribution in [0.25, 0.3) is 11.4 Å². The number of rotatable bonds is 13. The van der Waals surface area contributed by atoms with Crippen LogP contribution in [0, 0.1) is 0 Å². The van der Waals surface area contributed by atoms with Crippen molar-refractivity contribution in [2.75, 3.05) is 20.3 Å². The Kier molecular flexibility index (Phi) is 10.5. The zero-order valence-electron chi connectivity index (χ0n) is 22.4. The molecule has 36 heavy (non-hydrogen) atoms. The second-order valence-corrected chi connectivity index (χ2v) is 15.2. The summed E-state index contributed by atoms with van der Waals surface area (Å²) in [7, 11) is -2.15. The number of aromatic nitrogens is 2. The predicted octanol–water partition coefficient (Wildman–Crippen LogP) is 4.15. The first-order valence-corrected chi connectivity index (χ1v) is 15.1. The Morgan fingerprint density at radius 2 is 1.83 bits per heavy atom. The molecule has 198 valence electrons. The van der Waals surface area contributed by atoms with Gasteiger partial charge in [-0.1, -0.05) is 27.7 Å². The van der Waals surface area contributed by atoms with E-state index in [2.05, 4.69) is 38.8 Å². The van der Waals surface area contributed by atoms with Gasteiger partial charge in [-0.15, -0.1) is 0 Å². The first kappa shape index (κ1) is 29.8. The molecule has 11 heteroatoms. The van der Waals surface area contributed by atoms with Gasteiger partial charge in [0.1, 0.15) is 0 Å². The molecule has 0 saturated carbocycles. The number of carboxylic acid groups (broad SMARTS) is 1. The molecule has 0 aliphatic heterocycles. The van der Waals surface area contributed by atoms with E-state index in [0.29, 0.717) is 40.9 Å². The summed E-state index contributed by atoms with van der Waals surface area (Å²) in [4.78, 5) is 20.7. The lowest BCUT2D eigenvalue weighted by atomic mass is 9.77. The van der Waals surface area contributed by atoms with E-state index in [1.807, 2.05) is 6.92 Å². The first-order chi connectivity index (χ1) is 16.8. The van der Waals surface area contributed by atoms with Gasteiger partial charge in [-0.3, -0.25) is 4.79 Å². The maximum atomic E-state index is 11.5. The standard InChI is InChI=1S/C25H39BN2O7Si/c1-8-11-34-22-12-17(9-10-21(22)33-5)24-27-19(14-23(29)30)13-20(28-24)18(15-26(31)32)16-35-36(6,7)25(2,3)4/h9-10,12-13,18,31-32H,8,11,14-16H2,1-7H3,(H,29,30). The normalized spacial score (nSPS) is 12.8. The van der Waals surface area contributed by atoms with Crippen molar-refractivity contribution in [2.45, 2.75) is 70.9 Å². The van der Waals surface area contributed by atoms with Gasteiger partial charge >= 0.3 is 13.1 Å². The van der Waals surface area contributed by atoms with Gasteiger partial charge in [-0.05, 0) is 55.1 Å². The number of benzene rings is 1. The third-order valence-electron chi connectivity index (χ3n) is 6.38. The molecule has 0 radical (unpaired) electrons. The summed E-state index contributed by atoms with van der Waals surface area (Å²) in [6, 6.07) is 6.91. The summed E-state index contributed by atoms with van der Waals surface area (Å²) in [5.41, 5.74) is 1.44. The van der Waals surface area contributed by atoms with Crippen molar-refractivity contribution >= 4 is 21.4 Å². The zero-order chi connectivity index (χ0) is 27.1. The number of methoxy groups -OCH3 is 1. The maximum absolute atomic E-state index is 11.5. The zero-order valence-corrected chi connectivity index (χ0v) is 23.4. The van der Waals surface area contributed by atoms with Crippen molar-refractivity contribution in [1.82, 2.24) is 9.97 Å². The lowest BCUT2D eigenvalue weighted by molar-refractivity contribution is -0.136. The van der Waals surface area contributed by atoms with E-state index in [1.165, 1.54) is 0 Å². The molecule has 2 aromatic rings. The number of carbonyl (C=O) groups is 1. The van der Waals surface area contributed by atoms with Crippen LogP contribution in [0.15, 0.2) is 24.3 Å². The van der Waals surface area contributed by atoms with Gasteiger partial charge in [-0.2, -0.15) is 0 Å². The largest absolute Gasteiger partial charge is 0.493 e. The number of aliphatic carboxylic acids is 1. The highest BCUT2D eigenvalue weighted by Crippen LogP contribution is 2.38. The average molecular weight is 518 g/mol. The molecular weight excluding hydrogens is 479 g/mol. The molecule has 3 N–H and O–H groups in total. The van der Waals surface area contributed by atoms with Gasteiger partial charge < -0.3 is 29.1 Å². The molecule has 0 spiro atoms. The highest BCUT2D eigenvalue weighted by atomic mass is 28.4. The van der Waals surface area contributed by atoms with Crippen LogP contribution < -0.4 is 9.47 Å². The quantitative estimate of drug-likeness (QED) is 0.335. The molecule has 0 aliphatic rings. The van der Waals surface area contributed by atoms with Gasteiger partial charge in [0.2, 0.25) is 0 Å². The van der Waals surface area contributed by atoms with Crippen LogP contribution in [0.1, 0.15) is 51.4 Å². The van der Waals surface area contributed by atoms with Gasteiger partial charge in [0.15, 0.2) is 25.6 Å². The summed E-state index contributed by atoms with van der Waals surface area (Å²) in [5.74, 6) is -0.0732. The predicted molar refractivity (Wildman–Crippen MR) is 142 cm³/mol. The number of ether oxygens (including phenoxy) is 2. The fourth-order valence-electron chi connectivity index (χ4n) is 3.30. The number of hydrogen-bond donors (Lipinski definition) is 3. The molecule has 1 aromatic carbocycles. The molecule has 0 aliphatic carbocycles. The summed E-state index contributed by atoms with van der Waals surface area (Å²) in [6.07, 6.45) is 0.516. The van der Waals surface area contributed by atoms with Crippen LogP contribution in [-0.4, -0.2) is 66.9 Å². The van der Waals surface area contributed by atoms with Gasteiger partial charge in [0.25, 0.3) is 0 Å². The van der Waals surface area contributed by atoms with E-state index in [4.69, 9.17) is 18.9 Å². The van der Waals surface area contributed by atoms with Gasteiger partial charge in [-0.25, -0.2) is 9.97 Å². The van der Waals surface area contributed by atoms with E-state index in [0.717, 1.165) is 6.42 Å². The average Bonchev–Trinajstić information content (AvgIpc) is 2.78. The number of nitrogens with zero attached hydrogens (tertiary/aromatic N) is 2. The van der Waals surface area contributed by atoms with Crippen molar-refractivity contribution in [2.24, 2.45) is 0 Å². The molecule has 1 aromatic heterocycles. The minimum atomic E-state index is -2.13. The second kappa shape index (κ2) is 12.7. The molecule has 1 heterocycles. The lowest BCUT2D eigenvalue weighted by Gasteiger charge is -2.37. The van der Waals surface area contributed by atoms with Crippen LogP contribution in [0.2, 0.25) is 24.5 Å². The summed E-state index contributed by atoms with van der Waals surface area (Å²) >= 11 is 0. The Hall–Kier alpha value is -2.47. The maximum Gasteiger partial charge on any atom is 0.452 e. The molecule has 1 unspecified atom stereocenters. The second-order valence-electron chi connectivity index (χ2n) is 10.4. The molecule has 0 bridgehead atoms. The molecular formula is C25H39BN2O7Si. The highest BCUT2D eigenvalue weighted by molar-refractivity contribution is 6.74. The summed E-state index contributed by atoms with van der Waals surface area (Å²) in [6.45, 7) is 13.4. The van der Waals surface area contributed by atoms with Crippen LogP contribution in [0.4, 0.5) is 0 Å². The summed E-state index contributed by atoms with van der Waals surface area (Å²) < 4.78 is 17.6. The van der Waals surface area contributed by atoms with Crippen molar-refractivity contribution < 1.29 is 33.8 Å². The Balaban J connectivity index is 2.55. The van der Waals surface area contributed by atoms with E-state index in [1.54, 1.807) is 31.4 Å². The highest BCUT2D eigenvalue weighted by Gasteiger charge is 2.38. The smallest absolute Gasteiger partial charge is 0.452 e. The van der Waals surface area contributed by atoms with Crippen LogP contribution in [0.5, 0.6) is 11.5 Å². The van der Waals surface area contributed by atoms with Crippen molar-refractivity contribution in [1.29, 1.82) is 0 Å². The van der Waals surface area contributed by atoms with E-state index < -0.39 is 27.3 Å². The molecule has 9 nitrogen and oxygen atoms in total. The Morgan fingerprint density at radius 3 is 2.39 bits per heavy atom. The molecule has 0 fully saturated rings. The minimum Gasteiger partial charge on any atom is -0.493 e.